The summed E-state index contributed by atoms with van der Waals surface area (Å²) in [5.41, 5.74) is 1.86. The maximum Gasteiger partial charge on any atom is 0.269 e. The average Bonchev–Trinajstić information content (AvgIpc) is 2.92. The van der Waals surface area contributed by atoms with Gasteiger partial charge in [0, 0.05) is 57.0 Å². The van der Waals surface area contributed by atoms with Crippen molar-refractivity contribution >= 4 is 29.6 Å². The number of halogens is 3. The summed E-state index contributed by atoms with van der Waals surface area (Å²) in [6.07, 6.45) is -0.343. The number of carbonyl (C=O) groups excluding carboxylic acids is 1. The third-order valence-corrected chi connectivity index (χ3v) is 6.49. The Balaban J connectivity index is 0.00000420. The van der Waals surface area contributed by atoms with Crippen LogP contribution in [0.4, 0.5) is 20.2 Å². The van der Waals surface area contributed by atoms with Crippen LogP contribution in [0.2, 0.25) is 0 Å². The molecule has 0 bridgehead atoms. The van der Waals surface area contributed by atoms with E-state index in [2.05, 4.69) is 9.80 Å². The SMILES string of the molecule is Cl.O=C(CCc1ccc(F)cc1)c1cc(F)ccc1OCC(O)CN1CCN(c2ccc([N+](=O)[O-])cc2)CC1. The summed E-state index contributed by atoms with van der Waals surface area (Å²) in [4.78, 5) is 27.4. The number of aliphatic hydroxyl groups is 1. The normalized spacial score (nSPS) is 14.4. The number of ketones is 1. The standard InChI is InChI=1S/C28H29F2N3O5.ClH/c29-21-4-1-20(2-5-21)3-11-27(35)26-17-22(30)6-12-28(26)38-19-25(34)18-31-13-15-32(16-14-31)23-7-9-24(10-8-23)33(36)37;/h1-2,4-10,12,17,25,34H,3,11,13-16,18-19H2;1H. The van der Waals surface area contributed by atoms with Gasteiger partial charge in [-0.3, -0.25) is 19.8 Å². The molecule has 208 valence electrons. The molecule has 0 aromatic heterocycles. The number of Topliss-reactive ketones (excluding diaryl/α,β-unsaturated/α-hetero) is 1. The molecule has 3 aromatic rings. The van der Waals surface area contributed by atoms with E-state index in [1.54, 1.807) is 24.3 Å². The van der Waals surface area contributed by atoms with Crippen LogP contribution in [0, 0.1) is 21.7 Å². The molecular weight excluding hydrogens is 532 g/mol. The second-order valence-electron chi connectivity index (χ2n) is 9.22. The lowest BCUT2D eigenvalue weighted by atomic mass is 10.0. The number of aryl methyl sites for hydroxylation is 1. The Kier molecular flexibility index (Phi) is 10.7. The molecule has 4 rings (SSSR count). The van der Waals surface area contributed by atoms with E-state index in [0.717, 1.165) is 17.3 Å². The summed E-state index contributed by atoms with van der Waals surface area (Å²) >= 11 is 0. The molecule has 0 radical (unpaired) electrons. The number of nitro benzene ring substituents is 1. The van der Waals surface area contributed by atoms with Gasteiger partial charge < -0.3 is 14.7 Å². The number of carbonyl (C=O) groups is 1. The fourth-order valence-corrected chi connectivity index (χ4v) is 4.40. The van der Waals surface area contributed by atoms with Crippen LogP contribution in [0.1, 0.15) is 22.3 Å². The lowest BCUT2D eigenvalue weighted by Gasteiger charge is -2.36. The number of rotatable bonds is 11. The highest BCUT2D eigenvalue weighted by atomic mass is 35.5. The molecule has 1 fully saturated rings. The second kappa shape index (κ2) is 14.0. The van der Waals surface area contributed by atoms with E-state index >= 15 is 0 Å². The van der Waals surface area contributed by atoms with Gasteiger partial charge in [0.2, 0.25) is 0 Å². The van der Waals surface area contributed by atoms with Gasteiger partial charge in [-0.15, -0.1) is 12.4 Å². The number of nitrogens with zero attached hydrogens (tertiary/aromatic N) is 3. The van der Waals surface area contributed by atoms with E-state index in [1.165, 1.54) is 36.4 Å². The Labute approximate surface area is 231 Å². The predicted octanol–water partition coefficient (Wildman–Crippen LogP) is 4.67. The lowest BCUT2D eigenvalue weighted by molar-refractivity contribution is -0.384. The smallest absolute Gasteiger partial charge is 0.269 e. The molecule has 1 unspecified atom stereocenters. The van der Waals surface area contributed by atoms with E-state index in [0.29, 0.717) is 39.1 Å². The largest absolute Gasteiger partial charge is 0.490 e. The van der Waals surface area contributed by atoms with Gasteiger partial charge in [-0.1, -0.05) is 12.1 Å². The third-order valence-electron chi connectivity index (χ3n) is 6.49. The minimum Gasteiger partial charge on any atom is -0.490 e. The van der Waals surface area contributed by atoms with Gasteiger partial charge in [0.1, 0.15) is 30.1 Å². The molecule has 0 aliphatic carbocycles. The van der Waals surface area contributed by atoms with Crippen LogP contribution in [-0.4, -0.2) is 66.1 Å². The summed E-state index contributed by atoms with van der Waals surface area (Å²) in [6.45, 7) is 3.09. The zero-order valence-electron chi connectivity index (χ0n) is 21.2. The van der Waals surface area contributed by atoms with Crippen LogP contribution >= 0.6 is 12.4 Å². The van der Waals surface area contributed by atoms with Gasteiger partial charge in [-0.05, 0) is 54.4 Å². The van der Waals surface area contributed by atoms with Gasteiger partial charge in [0.15, 0.2) is 5.78 Å². The summed E-state index contributed by atoms with van der Waals surface area (Å²) in [5, 5.41) is 21.4. The van der Waals surface area contributed by atoms with Crippen LogP contribution in [-0.2, 0) is 6.42 Å². The third kappa shape index (κ3) is 8.44. The minimum atomic E-state index is -0.826. The second-order valence-corrected chi connectivity index (χ2v) is 9.22. The predicted molar refractivity (Wildman–Crippen MR) is 146 cm³/mol. The van der Waals surface area contributed by atoms with Crippen molar-refractivity contribution < 1.29 is 28.3 Å². The maximum atomic E-state index is 13.9. The number of hydrogen-bond donors (Lipinski definition) is 1. The number of benzene rings is 3. The van der Waals surface area contributed by atoms with Crippen LogP contribution < -0.4 is 9.64 Å². The number of nitro groups is 1. The van der Waals surface area contributed by atoms with Gasteiger partial charge in [0.05, 0.1) is 10.5 Å². The Morgan fingerprint density at radius 2 is 1.62 bits per heavy atom. The Morgan fingerprint density at radius 3 is 2.26 bits per heavy atom. The molecule has 1 aliphatic heterocycles. The van der Waals surface area contributed by atoms with Crippen molar-refractivity contribution in [2.45, 2.75) is 18.9 Å². The van der Waals surface area contributed by atoms with Crippen molar-refractivity contribution in [1.82, 2.24) is 4.90 Å². The monoisotopic (exact) mass is 561 g/mol. The highest BCUT2D eigenvalue weighted by molar-refractivity contribution is 5.98. The molecule has 1 atom stereocenters. The summed E-state index contributed by atoms with van der Waals surface area (Å²) in [7, 11) is 0. The molecule has 0 saturated carbocycles. The highest BCUT2D eigenvalue weighted by Crippen LogP contribution is 2.23. The van der Waals surface area contributed by atoms with Crippen molar-refractivity contribution in [1.29, 1.82) is 0 Å². The number of aliphatic hydroxyl groups excluding tert-OH is 1. The van der Waals surface area contributed by atoms with E-state index in [9.17, 15) is 28.8 Å². The number of β-amino-alcohol motifs (C(OH)–C–C–N with tert-alkyl or cyclic N) is 1. The fraction of sp³-hybridized carbons (Fsp3) is 0.321. The van der Waals surface area contributed by atoms with Crippen LogP contribution in [0.5, 0.6) is 5.75 Å². The minimum absolute atomic E-state index is 0. The molecule has 11 heteroatoms. The molecule has 8 nitrogen and oxygen atoms in total. The Bertz CT molecular complexity index is 1250. The molecule has 39 heavy (non-hydrogen) atoms. The first kappa shape index (κ1) is 29.9. The first-order valence-electron chi connectivity index (χ1n) is 12.4. The van der Waals surface area contributed by atoms with Gasteiger partial charge in [0.25, 0.3) is 5.69 Å². The summed E-state index contributed by atoms with van der Waals surface area (Å²) < 4.78 is 32.7. The first-order valence-corrected chi connectivity index (χ1v) is 12.4. The zero-order valence-corrected chi connectivity index (χ0v) is 22.0. The highest BCUT2D eigenvalue weighted by Gasteiger charge is 2.21. The molecule has 1 N–H and O–H groups in total. The quantitative estimate of drug-likeness (QED) is 0.206. The zero-order chi connectivity index (χ0) is 27.1. The summed E-state index contributed by atoms with van der Waals surface area (Å²) in [6, 6.07) is 16.0. The first-order chi connectivity index (χ1) is 18.3. The van der Waals surface area contributed by atoms with E-state index in [-0.39, 0.29) is 54.0 Å². The maximum absolute atomic E-state index is 13.9. The van der Waals surface area contributed by atoms with Crippen molar-refractivity contribution in [2.24, 2.45) is 0 Å². The molecule has 1 aliphatic rings. The molecule has 0 spiro atoms. The van der Waals surface area contributed by atoms with Gasteiger partial charge in [-0.2, -0.15) is 0 Å². The number of ether oxygens (including phenoxy) is 1. The summed E-state index contributed by atoms with van der Waals surface area (Å²) in [5.74, 6) is -1.02. The van der Waals surface area contributed by atoms with E-state index in [4.69, 9.17) is 4.74 Å². The topological polar surface area (TPSA) is 96.2 Å². The number of non-ortho nitro benzene ring substituents is 1. The number of anilines is 1. The van der Waals surface area contributed by atoms with E-state index < -0.39 is 16.8 Å². The van der Waals surface area contributed by atoms with Crippen LogP contribution in [0.3, 0.4) is 0 Å². The van der Waals surface area contributed by atoms with Crippen molar-refractivity contribution in [3.63, 3.8) is 0 Å². The van der Waals surface area contributed by atoms with Crippen molar-refractivity contribution in [2.75, 3.05) is 44.2 Å². The Hall–Kier alpha value is -3.60. The molecule has 1 saturated heterocycles. The molecule has 3 aromatic carbocycles. The van der Waals surface area contributed by atoms with Crippen LogP contribution in [0.25, 0.3) is 0 Å². The number of hydrogen-bond acceptors (Lipinski definition) is 7. The number of piperazine rings is 1. The van der Waals surface area contributed by atoms with Crippen LogP contribution in [0.15, 0.2) is 66.7 Å². The van der Waals surface area contributed by atoms with Gasteiger partial charge >= 0.3 is 0 Å². The fourth-order valence-electron chi connectivity index (χ4n) is 4.40. The average molecular weight is 562 g/mol. The molecular formula is C28H30ClF2N3O5. The molecule has 1 heterocycles. The lowest BCUT2D eigenvalue weighted by Crippen LogP contribution is -2.49. The molecule has 0 amide bonds. The van der Waals surface area contributed by atoms with E-state index in [1.807, 2.05) is 0 Å². The Morgan fingerprint density at radius 1 is 0.974 bits per heavy atom. The van der Waals surface area contributed by atoms with Crippen molar-refractivity contribution in [3.05, 3.63) is 99.6 Å². The van der Waals surface area contributed by atoms with Crippen molar-refractivity contribution in [3.8, 4) is 5.75 Å². The van der Waals surface area contributed by atoms with Gasteiger partial charge in [-0.25, -0.2) is 8.78 Å².